The lowest BCUT2D eigenvalue weighted by Gasteiger charge is -2.33. The number of carbonyl (C=O) groups is 2. The molecule has 3 aromatic rings. The monoisotopic (exact) mass is 333 g/mol. The van der Waals surface area contributed by atoms with Crippen molar-refractivity contribution in [3.63, 3.8) is 0 Å². The maximum absolute atomic E-state index is 13.4. The van der Waals surface area contributed by atoms with Gasteiger partial charge in [-0.2, -0.15) is 0 Å². The van der Waals surface area contributed by atoms with Crippen molar-refractivity contribution in [2.45, 2.75) is 6.04 Å². The fourth-order valence-electron chi connectivity index (χ4n) is 3.46. The average molecular weight is 333 g/mol. The molecule has 2 N–H and O–H groups in total. The molecular formula is C20H19N3O2. The van der Waals surface area contributed by atoms with E-state index in [1.54, 1.807) is 6.20 Å². The van der Waals surface area contributed by atoms with Gasteiger partial charge in [-0.1, -0.05) is 48.5 Å². The van der Waals surface area contributed by atoms with E-state index in [-0.39, 0.29) is 18.2 Å². The first-order chi connectivity index (χ1) is 12.2. The van der Waals surface area contributed by atoms with Crippen molar-refractivity contribution in [1.82, 2.24) is 15.2 Å². The van der Waals surface area contributed by atoms with Crippen LogP contribution in [-0.4, -0.2) is 41.2 Å². The Bertz CT molecular complexity index is 917. The highest BCUT2D eigenvalue weighted by molar-refractivity contribution is 6.10. The molecular weight excluding hydrogens is 314 g/mol. The third-order valence-corrected chi connectivity index (χ3v) is 4.65. The molecule has 0 saturated carbocycles. The molecule has 1 fully saturated rings. The molecule has 25 heavy (non-hydrogen) atoms. The van der Waals surface area contributed by atoms with Crippen LogP contribution in [0, 0.1) is 0 Å². The lowest BCUT2D eigenvalue weighted by atomic mass is 9.95. The summed E-state index contributed by atoms with van der Waals surface area (Å²) in [7, 11) is 0. The summed E-state index contributed by atoms with van der Waals surface area (Å²) in [5.74, 6) is -0.0303. The van der Waals surface area contributed by atoms with Crippen molar-refractivity contribution in [1.29, 1.82) is 0 Å². The number of aromatic amines is 1. The van der Waals surface area contributed by atoms with Crippen LogP contribution in [0.15, 0.2) is 60.8 Å². The summed E-state index contributed by atoms with van der Waals surface area (Å²) in [5, 5.41) is 3.74. The van der Waals surface area contributed by atoms with E-state index in [2.05, 4.69) is 10.3 Å². The van der Waals surface area contributed by atoms with Gasteiger partial charge in [0.2, 0.25) is 5.91 Å². The van der Waals surface area contributed by atoms with Gasteiger partial charge in [0.15, 0.2) is 5.78 Å². The zero-order valence-corrected chi connectivity index (χ0v) is 13.7. The summed E-state index contributed by atoms with van der Waals surface area (Å²) >= 11 is 0. The highest BCUT2D eigenvalue weighted by Gasteiger charge is 2.32. The molecule has 4 rings (SSSR count). The lowest BCUT2D eigenvalue weighted by Crippen LogP contribution is -2.50. The number of carbonyl (C=O) groups excluding carboxylic acids is 2. The van der Waals surface area contributed by atoms with Crippen LogP contribution in [0.1, 0.15) is 22.0 Å². The van der Waals surface area contributed by atoms with Crippen LogP contribution in [0.3, 0.4) is 0 Å². The van der Waals surface area contributed by atoms with Gasteiger partial charge >= 0.3 is 0 Å². The molecule has 1 aromatic heterocycles. The molecule has 0 bridgehead atoms. The van der Waals surface area contributed by atoms with Crippen molar-refractivity contribution in [3.8, 4) is 0 Å². The predicted molar refractivity (Wildman–Crippen MR) is 96.4 cm³/mol. The Morgan fingerprint density at radius 1 is 1.04 bits per heavy atom. The Labute approximate surface area is 145 Å². The fourth-order valence-corrected chi connectivity index (χ4v) is 3.46. The van der Waals surface area contributed by atoms with Crippen molar-refractivity contribution in [3.05, 3.63) is 71.9 Å². The topological polar surface area (TPSA) is 65.2 Å². The minimum Gasteiger partial charge on any atom is -0.360 e. The Hall–Kier alpha value is -2.92. The zero-order chi connectivity index (χ0) is 17.2. The van der Waals surface area contributed by atoms with Crippen molar-refractivity contribution in [2.75, 3.05) is 19.6 Å². The summed E-state index contributed by atoms with van der Waals surface area (Å²) < 4.78 is 0. The number of rotatable bonds is 4. The molecule has 0 aliphatic carbocycles. The molecule has 0 radical (unpaired) electrons. The van der Waals surface area contributed by atoms with Gasteiger partial charge in [-0.15, -0.1) is 0 Å². The molecule has 1 amide bonds. The average Bonchev–Trinajstić information content (AvgIpc) is 3.07. The summed E-state index contributed by atoms with van der Waals surface area (Å²) in [5.41, 5.74) is 2.51. The second kappa shape index (κ2) is 6.53. The first kappa shape index (κ1) is 15.6. The van der Waals surface area contributed by atoms with Crippen molar-refractivity contribution >= 4 is 22.6 Å². The highest BCUT2D eigenvalue weighted by Crippen LogP contribution is 2.29. The number of para-hydroxylation sites is 1. The van der Waals surface area contributed by atoms with Gasteiger partial charge in [0.1, 0.15) is 0 Å². The predicted octanol–water partition coefficient (Wildman–Crippen LogP) is 2.52. The van der Waals surface area contributed by atoms with Crippen LogP contribution in [-0.2, 0) is 4.79 Å². The molecule has 1 atom stereocenters. The number of H-pyrrole nitrogens is 1. The van der Waals surface area contributed by atoms with E-state index in [1.165, 1.54) is 0 Å². The van der Waals surface area contributed by atoms with E-state index in [0.717, 1.165) is 16.5 Å². The van der Waals surface area contributed by atoms with Crippen LogP contribution in [0.2, 0.25) is 0 Å². The number of hydrogen-bond acceptors (Lipinski definition) is 3. The van der Waals surface area contributed by atoms with E-state index in [4.69, 9.17) is 0 Å². The van der Waals surface area contributed by atoms with E-state index in [0.29, 0.717) is 18.7 Å². The largest absolute Gasteiger partial charge is 0.360 e. The summed E-state index contributed by atoms with van der Waals surface area (Å²) in [4.78, 5) is 30.4. The van der Waals surface area contributed by atoms with Crippen LogP contribution in [0.5, 0.6) is 0 Å². The van der Waals surface area contributed by atoms with Gasteiger partial charge in [0.25, 0.3) is 0 Å². The van der Waals surface area contributed by atoms with E-state index in [1.807, 2.05) is 59.5 Å². The Morgan fingerprint density at radius 2 is 1.80 bits per heavy atom. The molecule has 0 spiro atoms. The summed E-state index contributed by atoms with van der Waals surface area (Å²) in [6.45, 7) is 1.44. The van der Waals surface area contributed by atoms with E-state index in [9.17, 15) is 9.59 Å². The second-order valence-corrected chi connectivity index (χ2v) is 6.25. The summed E-state index contributed by atoms with van der Waals surface area (Å²) in [6.07, 6.45) is 1.77. The Balaban J connectivity index is 1.77. The van der Waals surface area contributed by atoms with Crippen LogP contribution in [0.25, 0.3) is 10.9 Å². The highest BCUT2D eigenvalue weighted by atomic mass is 16.2. The third kappa shape index (κ3) is 2.94. The number of hydrogen-bond donors (Lipinski definition) is 2. The van der Waals surface area contributed by atoms with Crippen LogP contribution >= 0.6 is 0 Å². The Kier molecular flexibility index (Phi) is 4.07. The SMILES string of the molecule is O=C1CN([C@@H](C(=O)c2c[nH]c3ccccc23)c2ccccc2)CCN1. The second-order valence-electron chi connectivity index (χ2n) is 6.25. The molecule has 0 unspecified atom stereocenters. The fraction of sp³-hybridized carbons (Fsp3) is 0.200. The van der Waals surface area contributed by atoms with Crippen LogP contribution < -0.4 is 5.32 Å². The van der Waals surface area contributed by atoms with Gasteiger partial charge in [-0.05, 0) is 11.6 Å². The lowest BCUT2D eigenvalue weighted by molar-refractivity contribution is -0.124. The standard InChI is InChI=1S/C20H19N3O2/c24-18-13-23(11-10-21-18)19(14-6-2-1-3-7-14)20(25)16-12-22-17-9-5-4-8-15(16)17/h1-9,12,19,22H,10-11,13H2,(H,21,24)/t19-/m1/s1. The zero-order valence-electron chi connectivity index (χ0n) is 13.7. The van der Waals surface area contributed by atoms with Crippen molar-refractivity contribution in [2.24, 2.45) is 0 Å². The minimum absolute atomic E-state index is 0.0124. The number of ketones is 1. The molecule has 1 aliphatic rings. The number of nitrogens with one attached hydrogen (secondary N) is 2. The van der Waals surface area contributed by atoms with E-state index >= 15 is 0 Å². The first-order valence-electron chi connectivity index (χ1n) is 8.40. The van der Waals surface area contributed by atoms with Gasteiger partial charge in [0, 0.05) is 35.8 Å². The van der Waals surface area contributed by atoms with Gasteiger partial charge in [-0.3, -0.25) is 14.5 Å². The molecule has 1 aliphatic heterocycles. The smallest absolute Gasteiger partial charge is 0.234 e. The number of fused-ring (bicyclic) bond motifs is 1. The summed E-state index contributed by atoms with van der Waals surface area (Å²) in [6, 6.07) is 17.0. The van der Waals surface area contributed by atoms with Crippen molar-refractivity contribution < 1.29 is 9.59 Å². The Morgan fingerprint density at radius 3 is 2.60 bits per heavy atom. The van der Waals surface area contributed by atoms with E-state index < -0.39 is 6.04 Å². The number of amides is 1. The molecule has 5 nitrogen and oxygen atoms in total. The number of piperazine rings is 1. The van der Waals surface area contributed by atoms with Gasteiger partial charge in [0.05, 0.1) is 12.6 Å². The normalized spacial score (nSPS) is 16.6. The number of Topliss-reactive ketones (excluding diaryl/α,β-unsaturated/α-hetero) is 1. The number of aromatic nitrogens is 1. The number of benzene rings is 2. The molecule has 1 saturated heterocycles. The molecule has 126 valence electrons. The molecule has 2 aromatic carbocycles. The maximum Gasteiger partial charge on any atom is 0.234 e. The minimum atomic E-state index is -0.466. The van der Waals surface area contributed by atoms with Gasteiger partial charge < -0.3 is 10.3 Å². The van der Waals surface area contributed by atoms with Gasteiger partial charge in [-0.25, -0.2) is 0 Å². The molecule has 5 heteroatoms. The molecule has 2 heterocycles. The number of nitrogens with zero attached hydrogens (tertiary/aromatic N) is 1. The third-order valence-electron chi connectivity index (χ3n) is 4.65. The van der Waals surface area contributed by atoms with Crippen LogP contribution in [0.4, 0.5) is 0 Å². The first-order valence-corrected chi connectivity index (χ1v) is 8.40. The quantitative estimate of drug-likeness (QED) is 0.721. The maximum atomic E-state index is 13.4.